The largest absolute Gasteiger partial charge is 0.367 e. The SMILES string of the molecule is CC(C)CNCC(C(C)C)N1CC(C)(C)OC(C)(C)C1. The van der Waals surface area contributed by atoms with Gasteiger partial charge in [-0.05, 0) is 46.1 Å². The van der Waals surface area contributed by atoms with Crippen LogP contribution < -0.4 is 5.32 Å². The molecular formula is C17H36N2O. The van der Waals surface area contributed by atoms with Gasteiger partial charge in [0.25, 0.3) is 0 Å². The van der Waals surface area contributed by atoms with Crippen molar-refractivity contribution in [2.24, 2.45) is 11.8 Å². The summed E-state index contributed by atoms with van der Waals surface area (Å²) in [4.78, 5) is 2.63. The van der Waals surface area contributed by atoms with E-state index in [-0.39, 0.29) is 11.2 Å². The molecule has 0 amide bonds. The minimum absolute atomic E-state index is 0.0626. The van der Waals surface area contributed by atoms with E-state index in [0.29, 0.717) is 17.9 Å². The van der Waals surface area contributed by atoms with Crippen molar-refractivity contribution in [2.75, 3.05) is 26.2 Å². The second-order valence-electron chi connectivity index (χ2n) is 8.39. The highest BCUT2D eigenvalue weighted by Gasteiger charge is 2.40. The Hall–Kier alpha value is -0.120. The molecule has 1 aliphatic heterocycles. The maximum atomic E-state index is 6.20. The third-order valence-electron chi connectivity index (χ3n) is 3.86. The number of hydrogen-bond acceptors (Lipinski definition) is 3. The fourth-order valence-electron chi connectivity index (χ4n) is 3.39. The maximum Gasteiger partial charge on any atom is 0.0760 e. The summed E-state index contributed by atoms with van der Waals surface area (Å²) in [6, 6.07) is 0.580. The molecule has 1 atom stereocenters. The predicted molar refractivity (Wildman–Crippen MR) is 87.1 cm³/mol. The van der Waals surface area contributed by atoms with Crippen LogP contribution in [0.25, 0.3) is 0 Å². The van der Waals surface area contributed by atoms with Crippen LogP contribution in [0.3, 0.4) is 0 Å². The third-order valence-corrected chi connectivity index (χ3v) is 3.86. The van der Waals surface area contributed by atoms with Gasteiger partial charge in [0.2, 0.25) is 0 Å². The Labute approximate surface area is 126 Å². The van der Waals surface area contributed by atoms with Crippen LogP contribution in [0.2, 0.25) is 0 Å². The first kappa shape index (κ1) is 17.9. The van der Waals surface area contributed by atoms with Crippen molar-refractivity contribution in [1.29, 1.82) is 0 Å². The Bertz CT molecular complexity index is 281. The molecule has 1 aliphatic rings. The second-order valence-corrected chi connectivity index (χ2v) is 8.39. The van der Waals surface area contributed by atoms with E-state index in [4.69, 9.17) is 4.74 Å². The number of hydrogen-bond donors (Lipinski definition) is 1. The molecular weight excluding hydrogens is 248 g/mol. The molecule has 1 fully saturated rings. The lowest BCUT2D eigenvalue weighted by Crippen LogP contribution is -2.62. The molecule has 1 rings (SSSR count). The average molecular weight is 284 g/mol. The van der Waals surface area contributed by atoms with Crippen LogP contribution in [0.1, 0.15) is 55.4 Å². The summed E-state index contributed by atoms with van der Waals surface area (Å²) in [5, 5.41) is 3.64. The molecule has 3 heteroatoms. The highest BCUT2D eigenvalue weighted by molar-refractivity contribution is 4.93. The zero-order chi connectivity index (χ0) is 15.6. The third kappa shape index (κ3) is 5.71. The van der Waals surface area contributed by atoms with Crippen molar-refractivity contribution in [3.8, 4) is 0 Å². The van der Waals surface area contributed by atoms with E-state index in [9.17, 15) is 0 Å². The highest BCUT2D eigenvalue weighted by Crippen LogP contribution is 2.30. The van der Waals surface area contributed by atoms with E-state index < -0.39 is 0 Å². The molecule has 1 heterocycles. The Morgan fingerprint density at radius 2 is 1.45 bits per heavy atom. The average Bonchev–Trinajstić information content (AvgIpc) is 2.18. The fraction of sp³-hybridized carbons (Fsp3) is 1.00. The van der Waals surface area contributed by atoms with Crippen LogP contribution in [0, 0.1) is 11.8 Å². The van der Waals surface area contributed by atoms with E-state index in [1.54, 1.807) is 0 Å². The van der Waals surface area contributed by atoms with Gasteiger partial charge in [0, 0.05) is 25.7 Å². The first-order valence-corrected chi connectivity index (χ1v) is 8.17. The zero-order valence-electron chi connectivity index (χ0n) is 14.9. The van der Waals surface area contributed by atoms with E-state index in [2.05, 4.69) is 65.6 Å². The number of morpholine rings is 1. The van der Waals surface area contributed by atoms with Gasteiger partial charge in [-0.2, -0.15) is 0 Å². The second kappa shape index (κ2) is 6.76. The molecule has 3 nitrogen and oxygen atoms in total. The standard InChI is InChI=1S/C17H36N2O/c1-13(2)9-18-10-15(14(3)4)19-11-16(5,6)20-17(7,8)12-19/h13-15,18H,9-12H2,1-8H3. The Kier molecular flexibility index (Phi) is 6.06. The van der Waals surface area contributed by atoms with Crippen LogP contribution in [-0.2, 0) is 4.74 Å². The number of ether oxygens (including phenoxy) is 1. The molecule has 0 saturated carbocycles. The van der Waals surface area contributed by atoms with Gasteiger partial charge in [-0.25, -0.2) is 0 Å². The van der Waals surface area contributed by atoms with Crippen LogP contribution in [0.4, 0.5) is 0 Å². The minimum atomic E-state index is -0.0626. The minimum Gasteiger partial charge on any atom is -0.367 e. The van der Waals surface area contributed by atoms with Gasteiger partial charge in [-0.1, -0.05) is 27.7 Å². The zero-order valence-corrected chi connectivity index (χ0v) is 14.9. The van der Waals surface area contributed by atoms with Gasteiger partial charge in [-0.3, -0.25) is 4.90 Å². The molecule has 0 radical (unpaired) electrons. The molecule has 1 N–H and O–H groups in total. The van der Waals surface area contributed by atoms with Gasteiger partial charge in [0.15, 0.2) is 0 Å². The summed E-state index contributed by atoms with van der Waals surface area (Å²) in [6.45, 7) is 22.2. The van der Waals surface area contributed by atoms with Crippen LogP contribution in [0.5, 0.6) is 0 Å². The van der Waals surface area contributed by atoms with Crippen molar-refractivity contribution in [3.63, 3.8) is 0 Å². The molecule has 0 aromatic rings. The lowest BCUT2D eigenvalue weighted by atomic mass is 9.93. The van der Waals surface area contributed by atoms with Crippen molar-refractivity contribution >= 4 is 0 Å². The van der Waals surface area contributed by atoms with Crippen LogP contribution in [-0.4, -0.2) is 48.3 Å². The van der Waals surface area contributed by atoms with E-state index >= 15 is 0 Å². The van der Waals surface area contributed by atoms with Gasteiger partial charge in [0.05, 0.1) is 11.2 Å². The van der Waals surface area contributed by atoms with Crippen LogP contribution >= 0.6 is 0 Å². The van der Waals surface area contributed by atoms with Crippen molar-refractivity contribution < 1.29 is 4.74 Å². The first-order valence-electron chi connectivity index (χ1n) is 8.17. The van der Waals surface area contributed by atoms with E-state index in [1.165, 1.54) is 0 Å². The molecule has 0 bridgehead atoms. The molecule has 1 saturated heterocycles. The topological polar surface area (TPSA) is 24.5 Å². The van der Waals surface area contributed by atoms with Crippen molar-refractivity contribution in [3.05, 3.63) is 0 Å². The fourth-order valence-corrected chi connectivity index (χ4v) is 3.39. The smallest absolute Gasteiger partial charge is 0.0760 e. The quantitative estimate of drug-likeness (QED) is 0.811. The highest BCUT2D eigenvalue weighted by atomic mass is 16.5. The van der Waals surface area contributed by atoms with Gasteiger partial charge >= 0.3 is 0 Å². The molecule has 0 aromatic heterocycles. The van der Waals surface area contributed by atoms with Crippen LogP contribution in [0.15, 0.2) is 0 Å². The summed E-state index contributed by atoms with van der Waals surface area (Å²) < 4.78 is 6.20. The Balaban J connectivity index is 2.70. The molecule has 0 aliphatic carbocycles. The first-order chi connectivity index (χ1) is 9.02. The lowest BCUT2D eigenvalue weighted by molar-refractivity contribution is -0.189. The van der Waals surface area contributed by atoms with Gasteiger partial charge in [0.1, 0.15) is 0 Å². The van der Waals surface area contributed by atoms with Crippen molar-refractivity contribution in [1.82, 2.24) is 10.2 Å². The number of nitrogens with zero attached hydrogens (tertiary/aromatic N) is 1. The van der Waals surface area contributed by atoms with Crippen molar-refractivity contribution in [2.45, 2.75) is 72.6 Å². The summed E-state index contributed by atoms with van der Waals surface area (Å²) in [7, 11) is 0. The molecule has 0 aromatic carbocycles. The predicted octanol–water partition coefficient (Wildman–Crippen LogP) is 3.15. The summed E-state index contributed by atoms with van der Waals surface area (Å²) >= 11 is 0. The Morgan fingerprint density at radius 1 is 0.950 bits per heavy atom. The normalized spacial score (nSPS) is 24.3. The Morgan fingerprint density at radius 3 is 1.85 bits per heavy atom. The molecule has 1 unspecified atom stereocenters. The molecule has 0 spiro atoms. The maximum absolute atomic E-state index is 6.20. The summed E-state index contributed by atoms with van der Waals surface area (Å²) in [5.74, 6) is 1.36. The van der Waals surface area contributed by atoms with E-state index in [1.807, 2.05) is 0 Å². The van der Waals surface area contributed by atoms with Gasteiger partial charge in [-0.15, -0.1) is 0 Å². The monoisotopic (exact) mass is 284 g/mol. The van der Waals surface area contributed by atoms with Gasteiger partial charge < -0.3 is 10.1 Å². The summed E-state index contributed by atoms with van der Waals surface area (Å²) in [5.41, 5.74) is -0.125. The molecule has 20 heavy (non-hydrogen) atoms. The lowest BCUT2D eigenvalue weighted by Gasteiger charge is -2.50. The molecule has 120 valence electrons. The van der Waals surface area contributed by atoms with E-state index in [0.717, 1.165) is 26.2 Å². The number of rotatable bonds is 6. The number of nitrogens with one attached hydrogen (secondary N) is 1. The summed E-state index contributed by atoms with van der Waals surface area (Å²) in [6.07, 6.45) is 0.